The van der Waals surface area contributed by atoms with E-state index in [2.05, 4.69) is 10.0 Å². The van der Waals surface area contributed by atoms with Gasteiger partial charge in [0.25, 0.3) is 15.9 Å². The Labute approximate surface area is 142 Å². The van der Waals surface area contributed by atoms with Crippen LogP contribution in [0, 0.1) is 5.82 Å². The highest BCUT2D eigenvalue weighted by Gasteiger charge is 2.24. The van der Waals surface area contributed by atoms with Crippen molar-refractivity contribution in [1.29, 1.82) is 0 Å². The summed E-state index contributed by atoms with van der Waals surface area (Å²) in [5, 5.41) is 2.33. The van der Waals surface area contributed by atoms with Crippen LogP contribution in [0.25, 0.3) is 0 Å². The summed E-state index contributed by atoms with van der Waals surface area (Å²) >= 11 is 5.62. The van der Waals surface area contributed by atoms with E-state index in [1.54, 1.807) is 13.0 Å². The summed E-state index contributed by atoms with van der Waals surface area (Å²) in [6, 6.07) is 7.56. The fourth-order valence-electron chi connectivity index (χ4n) is 2.13. The molecular formula is C15H12ClFN2O4S. The Morgan fingerprint density at radius 2 is 2.00 bits per heavy atom. The van der Waals surface area contributed by atoms with Crippen LogP contribution in [0.1, 0.15) is 6.92 Å². The van der Waals surface area contributed by atoms with Crippen LogP contribution < -0.4 is 14.8 Å². The third kappa shape index (κ3) is 3.15. The SMILES string of the molecule is CC1Oc2ccc(NS(=O)(=O)c3ccc(F)c(Cl)c3)cc2NC1=O. The van der Waals surface area contributed by atoms with Gasteiger partial charge < -0.3 is 10.1 Å². The molecule has 126 valence electrons. The van der Waals surface area contributed by atoms with Crippen molar-refractivity contribution in [3.8, 4) is 5.75 Å². The molecule has 2 aromatic rings. The molecule has 0 fully saturated rings. The smallest absolute Gasteiger partial charge is 0.265 e. The van der Waals surface area contributed by atoms with Gasteiger partial charge in [0.1, 0.15) is 11.6 Å². The molecule has 3 rings (SSSR count). The van der Waals surface area contributed by atoms with E-state index >= 15 is 0 Å². The Hall–Kier alpha value is -2.32. The Balaban J connectivity index is 1.89. The van der Waals surface area contributed by atoms with Crippen LogP contribution in [0.4, 0.5) is 15.8 Å². The average Bonchev–Trinajstić information content (AvgIpc) is 2.51. The second kappa shape index (κ2) is 5.95. The normalized spacial score (nSPS) is 16.8. The van der Waals surface area contributed by atoms with Crippen LogP contribution in [0.3, 0.4) is 0 Å². The number of carbonyl (C=O) groups is 1. The number of carbonyl (C=O) groups excluding carboxylic acids is 1. The van der Waals surface area contributed by atoms with Gasteiger partial charge >= 0.3 is 0 Å². The number of sulfonamides is 1. The highest BCUT2D eigenvalue weighted by Crippen LogP contribution is 2.33. The molecule has 0 saturated heterocycles. The number of hydrogen-bond acceptors (Lipinski definition) is 4. The molecule has 0 bridgehead atoms. The van der Waals surface area contributed by atoms with E-state index < -0.39 is 21.9 Å². The lowest BCUT2D eigenvalue weighted by Crippen LogP contribution is -2.34. The van der Waals surface area contributed by atoms with Gasteiger partial charge in [-0.15, -0.1) is 0 Å². The Bertz CT molecular complexity index is 933. The minimum Gasteiger partial charge on any atom is -0.479 e. The lowest BCUT2D eigenvalue weighted by molar-refractivity contribution is -0.122. The number of anilines is 2. The number of fused-ring (bicyclic) bond motifs is 1. The molecule has 1 heterocycles. The molecule has 1 aliphatic heterocycles. The Kier molecular flexibility index (Phi) is 4.10. The van der Waals surface area contributed by atoms with E-state index in [0.717, 1.165) is 18.2 Å². The molecule has 1 amide bonds. The van der Waals surface area contributed by atoms with Crippen molar-refractivity contribution < 1.29 is 22.3 Å². The summed E-state index contributed by atoms with van der Waals surface area (Å²) in [7, 11) is -3.96. The molecule has 0 aliphatic carbocycles. The van der Waals surface area contributed by atoms with E-state index in [0.29, 0.717) is 11.4 Å². The maximum absolute atomic E-state index is 13.2. The molecule has 1 aliphatic rings. The molecule has 2 N–H and O–H groups in total. The van der Waals surface area contributed by atoms with Gasteiger partial charge in [0, 0.05) is 0 Å². The van der Waals surface area contributed by atoms with Crippen molar-refractivity contribution in [2.75, 3.05) is 10.0 Å². The van der Waals surface area contributed by atoms with Gasteiger partial charge in [0.05, 0.1) is 21.3 Å². The molecule has 1 atom stereocenters. The first-order chi connectivity index (χ1) is 11.3. The third-order valence-corrected chi connectivity index (χ3v) is 5.03. The quantitative estimate of drug-likeness (QED) is 0.869. The number of nitrogens with one attached hydrogen (secondary N) is 2. The second-order valence-electron chi connectivity index (χ2n) is 5.14. The summed E-state index contributed by atoms with van der Waals surface area (Å²) in [5.41, 5.74) is 0.572. The van der Waals surface area contributed by atoms with Gasteiger partial charge in [-0.1, -0.05) is 11.6 Å². The summed E-state index contributed by atoms with van der Waals surface area (Å²) in [6.45, 7) is 1.60. The number of ether oxygens (including phenoxy) is 1. The van der Waals surface area contributed by atoms with E-state index in [-0.39, 0.29) is 21.5 Å². The molecular weight excluding hydrogens is 359 g/mol. The Morgan fingerprint density at radius 3 is 2.71 bits per heavy atom. The largest absolute Gasteiger partial charge is 0.479 e. The fraction of sp³-hybridized carbons (Fsp3) is 0.133. The van der Waals surface area contributed by atoms with Crippen LogP contribution in [-0.2, 0) is 14.8 Å². The lowest BCUT2D eigenvalue weighted by Gasteiger charge is -2.23. The molecule has 6 nitrogen and oxygen atoms in total. The van der Waals surface area contributed by atoms with Gasteiger partial charge in [-0.25, -0.2) is 12.8 Å². The number of rotatable bonds is 3. The number of halogens is 2. The van der Waals surface area contributed by atoms with Crippen molar-refractivity contribution in [2.24, 2.45) is 0 Å². The van der Waals surface area contributed by atoms with Gasteiger partial charge in [-0.2, -0.15) is 0 Å². The molecule has 9 heteroatoms. The van der Waals surface area contributed by atoms with E-state index in [4.69, 9.17) is 16.3 Å². The average molecular weight is 371 g/mol. The maximum Gasteiger partial charge on any atom is 0.265 e. The first-order valence-electron chi connectivity index (χ1n) is 6.86. The lowest BCUT2D eigenvalue weighted by atomic mass is 10.2. The first-order valence-corrected chi connectivity index (χ1v) is 8.72. The summed E-state index contributed by atoms with van der Waals surface area (Å²) in [6.07, 6.45) is -0.624. The summed E-state index contributed by atoms with van der Waals surface area (Å²) < 4.78 is 45.6. The molecule has 0 radical (unpaired) electrons. The summed E-state index contributed by atoms with van der Waals surface area (Å²) in [5.74, 6) is -0.596. The highest BCUT2D eigenvalue weighted by molar-refractivity contribution is 7.92. The van der Waals surface area contributed by atoms with E-state index in [1.807, 2.05) is 0 Å². The number of amides is 1. The van der Waals surface area contributed by atoms with E-state index in [1.165, 1.54) is 12.1 Å². The van der Waals surface area contributed by atoms with Crippen molar-refractivity contribution in [1.82, 2.24) is 0 Å². The number of benzene rings is 2. The highest BCUT2D eigenvalue weighted by atomic mass is 35.5. The number of hydrogen-bond donors (Lipinski definition) is 2. The first kappa shape index (κ1) is 16.5. The third-order valence-electron chi connectivity index (χ3n) is 3.36. The van der Waals surface area contributed by atoms with Gasteiger partial charge in [-0.05, 0) is 43.3 Å². The maximum atomic E-state index is 13.2. The van der Waals surface area contributed by atoms with Gasteiger partial charge in [0.2, 0.25) is 0 Å². The predicted molar refractivity (Wildman–Crippen MR) is 87.4 cm³/mol. The second-order valence-corrected chi connectivity index (χ2v) is 7.23. The van der Waals surface area contributed by atoms with Crippen LogP contribution in [-0.4, -0.2) is 20.4 Å². The van der Waals surface area contributed by atoms with Crippen LogP contribution in [0.5, 0.6) is 5.75 Å². The molecule has 2 aromatic carbocycles. The van der Waals surface area contributed by atoms with Gasteiger partial charge in [-0.3, -0.25) is 9.52 Å². The van der Waals surface area contributed by atoms with Gasteiger partial charge in [0.15, 0.2) is 6.10 Å². The van der Waals surface area contributed by atoms with Crippen LogP contribution >= 0.6 is 11.6 Å². The minimum atomic E-state index is -3.96. The van der Waals surface area contributed by atoms with Crippen molar-refractivity contribution in [3.63, 3.8) is 0 Å². The van der Waals surface area contributed by atoms with E-state index in [9.17, 15) is 17.6 Å². The molecule has 0 aromatic heterocycles. The zero-order valence-corrected chi connectivity index (χ0v) is 13.9. The topological polar surface area (TPSA) is 84.5 Å². The Morgan fingerprint density at radius 1 is 1.25 bits per heavy atom. The molecule has 0 saturated carbocycles. The monoisotopic (exact) mass is 370 g/mol. The fourth-order valence-corrected chi connectivity index (χ4v) is 3.45. The van der Waals surface area contributed by atoms with Crippen molar-refractivity contribution in [2.45, 2.75) is 17.9 Å². The van der Waals surface area contributed by atoms with Crippen molar-refractivity contribution in [3.05, 3.63) is 47.2 Å². The van der Waals surface area contributed by atoms with Crippen LogP contribution in [0.15, 0.2) is 41.3 Å². The molecule has 1 unspecified atom stereocenters. The summed E-state index contributed by atoms with van der Waals surface area (Å²) in [4.78, 5) is 11.4. The zero-order chi connectivity index (χ0) is 17.5. The predicted octanol–water partition coefficient (Wildman–Crippen LogP) is 3.00. The molecule has 24 heavy (non-hydrogen) atoms. The van der Waals surface area contributed by atoms with Crippen molar-refractivity contribution >= 4 is 38.9 Å². The zero-order valence-electron chi connectivity index (χ0n) is 12.3. The molecule has 0 spiro atoms. The standard InChI is InChI=1S/C15H12ClFN2O4S/c1-8-15(20)18-13-6-9(2-5-14(13)23-8)19-24(21,22)10-3-4-12(17)11(16)7-10/h2-8,19H,1H3,(H,18,20). The van der Waals surface area contributed by atoms with Crippen LogP contribution in [0.2, 0.25) is 5.02 Å². The minimum absolute atomic E-state index is 0.180.